The van der Waals surface area contributed by atoms with Gasteiger partial charge >= 0.3 is 0 Å². The van der Waals surface area contributed by atoms with E-state index in [4.69, 9.17) is 9.47 Å². The second-order valence-corrected chi connectivity index (χ2v) is 7.54. The number of rotatable bonds is 7. The molecule has 156 valence electrons. The fourth-order valence-electron chi connectivity index (χ4n) is 3.75. The van der Waals surface area contributed by atoms with Crippen LogP contribution in [0.4, 0.5) is 5.69 Å². The number of fused-ring (bicyclic) bond motifs is 1. The van der Waals surface area contributed by atoms with E-state index >= 15 is 0 Å². The van der Waals surface area contributed by atoms with E-state index in [-0.39, 0.29) is 11.8 Å². The molecule has 0 spiro atoms. The third kappa shape index (κ3) is 4.86. The van der Waals surface area contributed by atoms with E-state index in [0.717, 1.165) is 54.8 Å². The molecule has 1 saturated heterocycles. The molecule has 2 heterocycles. The molecule has 0 N–H and O–H groups in total. The Morgan fingerprint density at radius 2 is 1.93 bits per heavy atom. The number of likely N-dealkylation sites (tertiary alicyclic amines) is 1. The van der Waals surface area contributed by atoms with Crippen molar-refractivity contribution in [3.63, 3.8) is 0 Å². The van der Waals surface area contributed by atoms with Gasteiger partial charge in [-0.05, 0) is 50.1 Å². The van der Waals surface area contributed by atoms with Crippen LogP contribution in [0.1, 0.15) is 18.5 Å². The Morgan fingerprint density at radius 3 is 2.73 bits per heavy atom. The van der Waals surface area contributed by atoms with E-state index in [1.807, 2.05) is 31.2 Å². The Balaban J connectivity index is 1.25. The Kier molecular flexibility index (Phi) is 6.09. The number of nitrogens with zero attached hydrogens (tertiary/aromatic N) is 3. The molecule has 1 aromatic heterocycles. The van der Waals surface area contributed by atoms with Crippen LogP contribution in [0.25, 0.3) is 10.9 Å². The summed E-state index contributed by atoms with van der Waals surface area (Å²) in [5.74, 6) is 1.43. The standard InChI is InChI=1S/C23H25N3O4/c1-17-8-9-21-22(24-17)6-3-7-23(21)29-15-14-25-12-10-19(11-13-25)30-20-5-2-4-18(16-20)26(27)28/h2-9,16,19H,10-15H2,1H3. The SMILES string of the molecule is Cc1ccc2c(OCCN3CCC(Oc4cccc([N+](=O)[O-])c4)CC3)cccc2n1. The summed E-state index contributed by atoms with van der Waals surface area (Å²) in [6, 6.07) is 16.4. The predicted molar refractivity (Wildman–Crippen MR) is 115 cm³/mol. The van der Waals surface area contributed by atoms with Gasteiger partial charge in [0.1, 0.15) is 24.2 Å². The highest BCUT2D eigenvalue weighted by atomic mass is 16.6. The summed E-state index contributed by atoms with van der Waals surface area (Å²) >= 11 is 0. The lowest BCUT2D eigenvalue weighted by Crippen LogP contribution is -2.40. The molecule has 1 fully saturated rings. The van der Waals surface area contributed by atoms with Gasteiger partial charge in [0.25, 0.3) is 5.69 Å². The Labute approximate surface area is 175 Å². The van der Waals surface area contributed by atoms with Crippen molar-refractivity contribution in [2.24, 2.45) is 0 Å². The zero-order valence-electron chi connectivity index (χ0n) is 17.0. The highest BCUT2D eigenvalue weighted by Gasteiger charge is 2.21. The molecule has 0 unspecified atom stereocenters. The number of hydrogen-bond donors (Lipinski definition) is 0. The summed E-state index contributed by atoms with van der Waals surface area (Å²) in [6.45, 7) is 5.28. The van der Waals surface area contributed by atoms with Gasteiger partial charge in [-0.25, -0.2) is 0 Å². The minimum Gasteiger partial charge on any atom is -0.492 e. The Hall–Kier alpha value is -3.19. The van der Waals surface area contributed by atoms with Crippen molar-refractivity contribution < 1.29 is 14.4 Å². The number of aromatic nitrogens is 1. The molecule has 0 saturated carbocycles. The van der Waals surface area contributed by atoms with E-state index in [2.05, 4.69) is 16.0 Å². The van der Waals surface area contributed by atoms with E-state index < -0.39 is 4.92 Å². The molecule has 0 amide bonds. The first-order valence-corrected chi connectivity index (χ1v) is 10.2. The number of piperidine rings is 1. The van der Waals surface area contributed by atoms with Crippen molar-refractivity contribution >= 4 is 16.6 Å². The predicted octanol–water partition coefficient (Wildman–Crippen LogP) is 4.37. The summed E-state index contributed by atoms with van der Waals surface area (Å²) in [5, 5.41) is 11.9. The number of hydrogen-bond acceptors (Lipinski definition) is 6. The minimum absolute atomic E-state index is 0.0564. The molecule has 0 atom stereocenters. The lowest BCUT2D eigenvalue weighted by atomic mass is 10.1. The van der Waals surface area contributed by atoms with Crippen LogP contribution in [0.2, 0.25) is 0 Å². The third-order valence-corrected chi connectivity index (χ3v) is 5.36. The zero-order chi connectivity index (χ0) is 20.9. The highest BCUT2D eigenvalue weighted by molar-refractivity contribution is 5.85. The van der Waals surface area contributed by atoms with Crippen LogP contribution in [0.15, 0.2) is 54.6 Å². The van der Waals surface area contributed by atoms with Gasteiger partial charge in [0, 0.05) is 36.8 Å². The molecule has 3 aromatic rings. The van der Waals surface area contributed by atoms with Crippen LogP contribution in [0.3, 0.4) is 0 Å². The second kappa shape index (κ2) is 9.09. The number of benzene rings is 2. The summed E-state index contributed by atoms with van der Waals surface area (Å²) in [7, 11) is 0. The smallest absolute Gasteiger partial charge is 0.273 e. The van der Waals surface area contributed by atoms with Gasteiger partial charge in [-0.15, -0.1) is 0 Å². The molecule has 0 radical (unpaired) electrons. The van der Waals surface area contributed by atoms with Crippen LogP contribution >= 0.6 is 0 Å². The van der Waals surface area contributed by atoms with Crippen LogP contribution in [-0.2, 0) is 0 Å². The molecule has 0 aliphatic carbocycles. The summed E-state index contributed by atoms with van der Waals surface area (Å²) in [4.78, 5) is 17.4. The highest BCUT2D eigenvalue weighted by Crippen LogP contribution is 2.25. The number of aryl methyl sites for hydroxylation is 1. The second-order valence-electron chi connectivity index (χ2n) is 7.54. The average molecular weight is 407 g/mol. The zero-order valence-corrected chi connectivity index (χ0v) is 17.0. The molecule has 7 nitrogen and oxygen atoms in total. The van der Waals surface area contributed by atoms with Gasteiger partial charge in [-0.2, -0.15) is 0 Å². The average Bonchev–Trinajstić information content (AvgIpc) is 2.75. The molecule has 7 heteroatoms. The van der Waals surface area contributed by atoms with Gasteiger partial charge in [-0.3, -0.25) is 20.0 Å². The summed E-state index contributed by atoms with van der Waals surface area (Å²) < 4.78 is 12.0. The third-order valence-electron chi connectivity index (χ3n) is 5.36. The maximum Gasteiger partial charge on any atom is 0.273 e. The lowest BCUT2D eigenvalue weighted by molar-refractivity contribution is -0.385. The molecular formula is C23H25N3O4. The van der Waals surface area contributed by atoms with Gasteiger partial charge < -0.3 is 9.47 Å². The quantitative estimate of drug-likeness (QED) is 0.427. The Bertz CT molecular complexity index is 1030. The van der Waals surface area contributed by atoms with Crippen LogP contribution in [-0.4, -0.2) is 47.2 Å². The first kappa shape index (κ1) is 20.1. The van der Waals surface area contributed by atoms with Crippen molar-refractivity contribution in [3.8, 4) is 11.5 Å². The molecular weight excluding hydrogens is 382 g/mol. The van der Waals surface area contributed by atoms with Gasteiger partial charge in [0.05, 0.1) is 16.5 Å². The van der Waals surface area contributed by atoms with E-state index in [0.29, 0.717) is 12.4 Å². The van der Waals surface area contributed by atoms with Gasteiger partial charge in [-0.1, -0.05) is 12.1 Å². The minimum atomic E-state index is -0.400. The topological polar surface area (TPSA) is 77.7 Å². The number of ether oxygens (including phenoxy) is 2. The van der Waals surface area contributed by atoms with Crippen LogP contribution in [0.5, 0.6) is 11.5 Å². The van der Waals surface area contributed by atoms with Crippen molar-refractivity contribution in [2.75, 3.05) is 26.2 Å². The molecule has 1 aliphatic rings. The summed E-state index contributed by atoms with van der Waals surface area (Å²) in [6.07, 6.45) is 1.86. The summed E-state index contributed by atoms with van der Waals surface area (Å²) in [5.41, 5.74) is 2.00. The molecule has 1 aliphatic heterocycles. The Morgan fingerprint density at radius 1 is 1.13 bits per heavy atom. The normalized spacial score (nSPS) is 15.2. The first-order chi connectivity index (χ1) is 14.6. The molecule has 30 heavy (non-hydrogen) atoms. The van der Waals surface area contributed by atoms with Crippen molar-refractivity contribution in [3.05, 3.63) is 70.4 Å². The fraction of sp³-hybridized carbons (Fsp3) is 0.348. The number of nitro benzene ring substituents is 1. The number of nitro groups is 1. The van der Waals surface area contributed by atoms with Crippen LogP contribution < -0.4 is 9.47 Å². The van der Waals surface area contributed by atoms with Crippen molar-refractivity contribution in [2.45, 2.75) is 25.9 Å². The van der Waals surface area contributed by atoms with Crippen molar-refractivity contribution in [1.82, 2.24) is 9.88 Å². The molecule has 2 aromatic carbocycles. The monoisotopic (exact) mass is 407 g/mol. The van der Waals surface area contributed by atoms with Crippen molar-refractivity contribution in [1.29, 1.82) is 0 Å². The fourth-order valence-corrected chi connectivity index (χ4v) is 3.75. The maximum atomic E-state index is 10.9. The number of non-ortho nitro benzene ring substituents is 1. The molecule has 0 bridgehead atoms. The lowest BCUT2D eigenvalue weighted by Gasteiger charge is -2.32. The van der Waals surface area contributed by atoms with E-state index in [1.54, 1.807) is 12.1 Å². The first-order valence-electron chi connectivity index (χ1n) is 10.2. The molecule has 4 rings (SSSR count). The maximum absolute atomic E-state index is 10.9. The number of pyridine rings is 1. The van der Waals surface area contributed by atoms with Gasteiger partial charge in [0.15, 0.2) is 0 Å². The van der Waals surface area contributed by atoms with E-state index in [9.17, 15) is 10.1 Å². The largest absolute Gasteiger partial charge is 0.492 e. The van der Waals surface area contributed by atoms with Gasteiger partial charge in [0.2, 0.25) is 0 Å². The van der Waals surface area contributed by atoms with Crippen LogP contribution in [0, 0.1) is 17.0 Å². The van der Waals surface area contributed by atoms with E-state index in [1.165, 1.54) is 12.1 Å².